The molecule has 2 N–H and O–H groups in total. The number of amides is 1. The number of nitrogens with one attached hydrogen (secondary N) is 1. The van der Waals surface area contributed by atoms with Crippen molar-refractivity contribution in [1.82, 2.24) is 10.3 Å². The average Bonchev–Trinajstić information content (AvgIpc) is 3.02. The standard InChI is InChI=1S/C16H19N3O4S/c1-10(2)16(3,21)9-17-14(20)13-8-24-15(18-13)11-5-4-6-12(7-11)19(22)23/h4-8,10,21H,9H2,1-3H3,(H,17,20). The van der Waals surface area contributed by atoms with Crippen molar-refractivity contribution in [3.05, 3.63) is 45.5 Å². The molecule has 7 nitrogen and oxygen atoms in total. The summed E-state index contributed by atoms with van der Waals surface area (Å²) in [5, 5.41) is 25.8. The minimum absolute atomic E-state index is 0.00587. The van der Waals surface area contributed by atoms with Gasteiger partial charge in [-0.05, 0) is 12.8 Å². The second-order valence-corrected chi connectivity index (χ2v) is 6.90. The Bertz CT molecular complexity index is 755. The third-order valence-corrected chi connectivity index (χ3v) is 4.78. The fraction of sp³-hybridized carbons (Fsp3) is 0.375. The van der Waals surface area contributed by atoms with Crippen molar-refractivity contribution >= 4 is 22.9 Å². The van der Waals surface area contributed by atoms with Crippen molar-refractivity contribution in [2.24, 2.45) is 5.92 Å². The Morgan fingerprint density at radius 2 is 2.21 bits per heavy atom. The van der Waals surface area contributed by atoms with E-state index in [2.05, 4.69) is 10.3 Å². The Hall–Kier alpha value is -2.32. The summed E-state index contributed by atoms with van der Waals surface area (Å²) in [5.41, 5.74) is -0.223. The van der Waals surface area contributed by atoms with Gasteiger partial charge in [0, 0.05) is 29.6 Å². The van der Waals surface area contributed by atoms with Crippen molar-refractivity contribution in [2.45, 2.75) is 26.4 Å². The van der Waals surface area contributed by atoms with Gasteiger partial charge in [-0.3, -0.25) is 14.9 Å². The van der Waals surface area contributed by atoms with Gasteiger partial charge >= 0.3 is 0 Å². The van der Waals surface area contributed by atoms with E-state index in [4.69, 9.17) is 0 Å². The van der Waals surface area contributed by atoms with Gasteiger partial charge in [-0.2, -0.15) is 0 Å². The first-order valence-corrected chi connectivity index (χ1v) is 8.29. The molecule has 0 saturated heterocycles. The molecule has 8 heteroatoms. The summed E-state index contributed by atoms with van der Waals surface area (Å²) in [5.74, 6) is -0.391. The molecule has 1 aromatic carbocycles. The molecule has 0 radical (unpaired) electrons. The first-order valence-electron chi connectivity index (χ1n) is 7.41. The second-order valence-electron chi connectivity index (χ2n) is 6.04. The first-order chi connectivity index (χ1) is 11.2. The van der Waals surface area contributed by atoms with Gasteiger partial charge in [-0.25, -0.2) is 4.98 Å². The number of carbonyl (C=O) groups is 1. The topological polar surface area (TPSA) is 105 Å². The minimum Gasteiger partial charge on any atom is -0.388 e. The average molecular weight is 349 g/mol. The number of nitro groups is 1. The lowest BCUT2D eigenvalue weighted by atomic mass is 9.92. The van der Waals surface area contributed by atoms with Gasteiger partial charge in [0.25, 0.3) is 11.6 Å². The highest BCUT2D eigenvalue weighted by Crippen LogP contribution is 2.27. The van der Waals surface area contributed by atoms with Crippen molar-refractivity contribution in [2.75, 3.05) is 6.54 Å². The highest BCUT2D eigenvalue weighted by molar-refractivity contribution is 7.13. The summed E-state index contributed by atoms with van der Waals surface area (Å²) < 4.78 is 0. The number of nitrogens with zero attached hydrogens (tertiary/aromatic N) is 2. The molecule has 1 unspecified atom stereocenters. The Labute approximate surface area is 143 Å². The summed E-state index contributed by atoms with van der Waals surface area (Å²) in [7, 11) is 0. The van der Waals surface area contributed by atoms with Crippen LogP contribution in [0.5, 0.6) is 0 Å². The fourth-order valence-corrected chi connectivity index (χ4v) is 2.61. The molecule has 0 spiro atoms. The molecule has 2 aromatic rings. The maximum atomic E-state index is 12.1. The maximum absolute atomic E-state index is 12.1. The van der Waals surface area contributed by atoms with E-state index >= 15 is 0 Å². The van der Waals surface area contributed by atoms with Gasteiger partial charge in [0.05, 0.1) is 10.5 Å². The summed E-state index contributed by atoms with van der Waals surface area (Å²) in [6.45, 7) is 5.52. The van der Waals surface area contributed by atoms with Gasteiger partial charge in [-0.15, -0.1) is 11.3 Å². The lowest BCUT2D eigenvalue weighted by molar-refractivity contribution is -0.384. The molecule has 1 atom stereocenters. The molecule has 1 amide bonds. The summed E-state index contributed by atoms with van der Waals surface area (Å²) in [4.78, 5) is 26.7. The summed E-state index contributed by atoms with van der Waals surface area (Å²) in [6.07, 6.45) is 0. The van der Waals surface area contributed by atoms with Crippen LogP contribution in [0, 0.1) is 16.0 Å². The highest BCUT2D eigenvalue weighted by Gasteiger charge is 2.26. The SMILES string of the molecule is CC(C)C(C)(O)CNC(=O)c1csc(-c2cccc([N+](=O)[O-])c2)n1. The monoisotopic (exact) mass is 349 g/mol. The third kappa shape index (κ3) is 4.15. The number of nitro benzene ring substituents is 1. The van der Waals surface area contributed by atoms with E-state index in [0.29, 0.717) is 10.6 Å². The van der Waals surface area contributed by atoms with E-state index in [1.165, 1.54) is 23.5 Å². The zero-order valence-electron chi connectivity index (χ0n) is 13.6. The maximum Gasteiger partial charge on any atom is 0.270 e. The molecule has 0 aliphatic heterocycles. The lowest BCUT2D eigenvalue weighted by Gasteiger charge is -2.27. The van der Waals surface area contributed by atoms with E-state index in [9.17, 15) is 20.0 Å². The molecular formula is C16H19N3O4S. The second kappa shape index (κ2) is 7.06. The molecule has 0 saturated carbocycles. The normalized spacial score (nSPS) is 13.5. The molecule has 2 rings (SSSR count). The van der Waals surface area contributed by atoms with Crippen molar-refractivity contribution in [3.8, 4) is 10.6 Å². The number of benzene rings is 1. The van der Waals surface area contributed by atoms with Crippen molar-refractivity contribution in [1.29, 1.82) is 0 Å². The Morgan fingerprint density at radius 3 is 2.83 bits per heavy atom. The molecule has 0 aliphatic rings. The predicted octanol–water partition coefficient (Wildman–Crippen LogP) is 2.86. The van der Waals surface area contributed by atoms with Crippen LogP contribution in [0.4, 0.5) is 5.69 Å². The van der Waals surface area contributed by atoms with Crippen LogP contribution < -0.4 is 5.32 Å². The van der Waals surface area contributed by atoms with E-state index in [0.717, 1.165) is 0 Å². The Balaban J connectivity index is 2.12. The Kier molecular flexibility index (Phi) is 5.30. The molecule has 0 bridgehead atoms. The number of hydrogen-bond donors (Lipinski definition) is 2. The zero-order chi connectivity index (χ0) is 17.9. The highest BCUT2D eigenvalue weighted by atomic mass is 32.1. The minimum atomic E-state index is -1.01. The summed E-state index contributed by atoms with van der Waals surface area (Å²) >= 11 is 1.23. The number of thiazole rings is 1. The van der Waals surface area contributed by atoms with E-state index in [1.54, 1.807) is 24.4 Å². The number of carbonyl (C=O) groups excluding carboxylic acids is 1. The smallest absolute Gasteiger partial charge is 0.270 e. The molecule has 0 fully saturated rings. The number of hydrogen-bond acceptors (Lipinski definition) is 6. The predicted molar refractivity (Wildman–Crippen MR) is 92.0 cm³/mol. The quantitative estimate of drug-likeness (QED) is 0.616. The van der Waals surface area contributed by atoms with Crippen LogP contribution in [0.25, 0.3) is 10.6 Å². The summed E-state index contributed by atoms with van der Waals surface area (Å²) in [6, 6.07) is 6.11. The lowest BCUT2D eigenvalue weighted by Crippen LogP contribution is -2.44. The van der Waals surface area contributed by atoms with Crippen LogP contribution in [-0.4, -0.2) is 33.1 Å². The van der Waals surface area contributed by atoms with Gasteiger partial charge in [0.1, 0.15) is 10.7 Å². The van der Waals surface area contributed by atoms with Crippen LogP contribution >= 0.6 is 11.3 Å². The number of non-ortho nitro benzene ring substituents is 1. The van der Waals surface area contributed by atoms with E-state index < -0.39 is 10.5 Å². The van der Waals surface area contributed by atoms with Crippen LogP contribution in [0.3, 0.4) is 0 Å². The Morgan fingerprint density at radius 1 is 1.50 bits per heavy atom. The largest absolute Gasteiger partial charge is 0.388 e. The number of rotatable bonds is 6. The molecule has 24 heavy (non-hydrogen) atoms. The van der Waals surface area contributed by atoms with Crippen molar-refractivity contribution in [3.63, 3.8) is 0 Å². The number of aromatic nitrogens is 1. The van der Waals surface area contributed by atoms with E-state index in [-0.39, 0.29) is 29.8 Å². The molecule has 0 aliphatic carbocycles. The fourth-order valence-electron chi connectivity index (χ4n) is 1.82. The first kappa shape index (κ1) is 18.0. The molecular weight excluding hydrogens is 330 g/mol. The number of aliphatic hydroxyl groups is 1. The van der Waals surface area contributed by atoms with Gasteiger partial charge in [-0.1, -0.05) is 26.0 Å². The third-order valence-electron chi connectivity index (χ3n) is 3.89. The molecule has 1 aromatic heterocycles. The van der Waals surface area contributed by atoms with Crippen LogP contribution in [0.2, 0.25) is 0 Å². The molecule has 1 heterocycles. The van der Waals surface area contributed by atoms with Gasteiger partial charge < -0.3 is 10.4 Å². The molecule has 128 valence electrons. The zero-order valence-corrected chi connectivity index (χ0v) is 14.5. The van der Waals surface area contributed by atoms with Crippen LogP contribution in [-0.2, 0) is 0 Å². The van der Waals surface area contributed by atoms with Crippen LogP contribution in [0.1, 0.15) is 31.3 Å². The van der Waals surface area contributed by atoms with Crippen molar-refractivity contribution < 1.29 is 14.8 Å². The van der Waals surface area contributed by atoms with Crippen LogP contribution in [0.15, 0.2) is 29.6 Å². The van der Waals surface area contributed by atoms with Gasteiger partial charge in [0.15, 0.2) is 0 Å². The van der Waals surface area contributed by atoms with E-state index in [1.807, 2.05) is 13.8 Å². The van der Waals surface area contributed by atoms with Gasteiger partial charge in [0.2, 0.25) is 0 Å².